The number of hydrogen-bond acceptors (Lipinski definition) is 4. The molecular formula is C21H25N3O4S. The first-order valence-corrected chi connectivity index (χ1v) is 11.0. The van der Waals surface area contributed by atoms with Crippen LogP contribution in [0.2, 0.25) is 0 Å². The molecule has 1 aliphatic rings. The van der Waals surface area contributed by atoms with Gasteiger partial charge in [0.15, 0.2) is 0 Å². The van der Waals surface area contributed by atoms with E-state index in [0.717, 1.165) is 9.87 Å². The molecule has 8 heteroatoms. The summed E-state index contributed by atoms with van der Waals surface area (Å²) in [6.07, 6.45) is -0.260. The molecule has 0 radical (unpaired) electrons. The Bertz CT molecular complexity index is 990. The normalized spacial score (nSPS) is 17.8. The lowest BCUT2D eigenvalue weighted by molar-refractivity contribution is -0.130. The molecule has 7 nitrogen and oxygen atoms in total. The Kier molecular flexibility index (Phi) is 6.34. The predicted octanol–water partition coefficient (Wildman–Crippen LogP) is 2.33. The molecule has 154 valence electrons. The van der Waals surface area contributed by atoms with E-state index in [1.807, 2.05) is 32.0 Å². The fourth-order valence-electron chi connectivity index (χ4n) is 3.39. The molecule has 0 aliphatic carbocycles. The van der Waals surface area contributed by atoms with Crippen LogP contribution in [0.25, 0.3) is 0 Å². The van der Waals surface area contributed by atoms with Gasteiger partial charge >= 0.3 is 0 Å². The molecule has 2 amide bonds. The molecule has 1 aliphatic heterocycles. The van der Waals surface area contributed by atoms with Crippen molar-refractivity contribution in [3.8, 4) is 0 Å². The van der Waals surface area contributed by atoms with Crippen molar-refractivity contribution in [2.75, 3.05) is 18.4 Å². The van der Waals surface area contributed by atoms with Crippen molar-refractivity contribution in [1.29, 1.82) is 0 Å². The van der Waals surface area contributed by atoms with Crippen LogP contribution in [0.4, 0.5) is 5.69 Å². The third kappa shape index (κ3) is 4.65. The van der Waals surface area contributed by atoms with E-state index >= 15 is 0 Å². The van der Waals surface area contributed by atoms with E-state index in [1.54, 1.807) is 24.3 Å². The van der Waals surface area contributed by atoms with Gasteiger partial charge < -0.3 is 10.6 Å². The lowest BCUT2D eigenvalue weighted by atomic mass is 10.0. The molecule has 1 saturated heterocycles. The number of carbonyl (C=O) groups excluding carboxylic acids is 2. The Balaban J connectivity index is 1.82. The molecule has 29 heavy (non-hydrogen) atoms. The van der Waals surface area contributed by atoms with Gasteiger partial charge in [-0.25, -0.2) is 8.42 Å². The summed E-state index contributed by atoms with van der Waals surface area (Å²) in [5.74, 6) is -0.670. The Morgan fingerprint density at radius 2 is 1.79 bits per heavy atom. The number of nitrogens with one attached hydrogen (secondary N) is 2. The van der Waals surface area contributed by atoms with Crippen LogP contribution in [0.5, 0.6) is 0 Å². The van der Waals surface area contributed by atoms with Gasteiger partial charge in [0.25, 0.3) is 0 Å². The van der Waals surface area contributed by atoms with Gasteiger partial charge in [0.2, 0.25) is 21.8 Å². The third-order valence-corrected chi connectivity index (χ3v) is 6.79. The smallest absolute Gasteiger partial charge is 0.243 e. The maximum Gasteiger partial charge on any atom is 0.243 e. The van der Waals surface area contributed by atoms with Gasteiger partial charge in [-0.2, -0.15) is 4.31 Å². The number of hydrogen-bond donors (Lipinski definition) is 2. The maximum atomic E-state index is 13.0. The summed E-state index contributed by atoms with van der Waals surface area (Å²) >= 11 is 0. The summed E-state index contributed by atoms with van der Waals surface area (Å²) in [6, 6.07) is 14.3. The molecule has 3 rings (SSSR count). The van der Waals surface area contributed by atoms with Crippen LogP contribution in [0.3, 0.4) is 0 Å². The molecule has 1 unspecified atom stereocenters. The number of carbonyl (C=O) groups is 2. The first-order valence-electron chi connectivity index (χ1n) is 9.54. The molecule has 1 heterocycles. The second-order valence-electron chi connectivity index (χ2n) is 7.23. The van der Waals surface area contributed by atoms with Crippen LogP contribution < -0.4 is 10.6 Å². The maximum absolute atomic E-state index is 13.0. The number of benzene rings is 2. The van der Waals surface area contributed by atoms with Gasteiger partial charge in [-0.1, -0.05) is 50.2 Å². The van der Waals surface area contributed by atoms with Crippen molar-refractivity contribution in [3.05, 3.63) is 60.2 Å². The minimum atomic E-state index is -3.89. The Labute approximate surface area is 171 Å². The van der Waals surface area contributed by atoms with E-state index in [0.29, 0.717) is 5.69 Å². The summed E-state index contributed by atoms with van der Waals surface area (Å²) in [7, 11) is -3.89. The highest BCUT2D eigenvalue weighted by Crippen LogP contribution is 2.25. The van der Waals surface area contributed by atoms with Crippen LogP contribution in [0, 0.1) is 0 Å². The van der Waals surface area contributed by atoms with E-state index in [4.69, 9.17) is 0 Å². The number of anilines is 1. The summed E-state index contributed by atoms with van der Waals surface area (Å²) < 4.78 is 27.2. The zero-order valence-corrected chi connectivity index (χ0v) is 17.3. The largest absolute Gasteiger partial charge is 0.353 e. The Morgan fingerprint density at radius 3 is 2.48 bits per heavy atom. The van der Waals surface area contributed by atoms with Gasteiger partial charge in [0.1, 0.15) is 6.04 Å². The van der Waals surface area contributed by atoms with Gasteiger partial charge in [0.05, 0.1) is 11.3 Å². The number of piperazine rings is 1. The number of sulfonamides is 1. The fraction of sp³-hybridized carbons (Fsp3) is 0.333. The fourth-order valence-corrected chi connectivity index (χ4v) is 5.00. The van der Waals surface area contributed by atoms with Crippen molar-refractivity contribution in [1.82, 2.24) is 9.62 Å². The van der Waals surface area contributed by atoms with Gasteiger partial charge in [-0.3, -0.25) is 9.59 Å². The molecule has 0 aromatic heterocycles. The first kappa shape index (κ1) is 21.0. The van der Waals surface area contributed by atoms with E-state index in [9.17, 15) is 18.0 Å². The summed E-state index contributed by atoms with van der Waals surface area (Å²) in [5.41, 5.74) is 1.64. The van der Waals surface area contributed by atoms with Gasteiger partial charge in [0, 0.05) is 18.8 Å². The lowest BCUT2D eigenvalue weighted by Crippen LogP contribution is -2.57. The highest BCUT2D eigenvalue weighted by Gasteiger charge is 2.39. The van der Waals surface area contributed by atoms with E-state index < -0.39 is 27.9 Å². The van der Waals surface area contributed by atoms with Crippen LogP contribution in [-0.2, 0) is 19.6 Å². The average Bonchev–Trinajstić information content (AvgIpc) is 2.70. The average molecular weight is 416 g/mol. The second kappa shape index (κ2) is 8.75. The van der Waals surface area contributed by atoms with Crippen molar-refractivity contribution in [2.45, 2.75) is 37.1 Å². The van der Waals surface area contributed by atoms with E-state index in [1.165, 1.54) is 12.1 Å². The molecule has 0 bridgehead atoms. The zero-order valence-electron chi connectivity index (χ0n) is 16.5. The van der Waals surface area contributed by atoms with Crippen LogP contribution >= 0.6 is 0 Å². The molecule has 1 fully saturated rings. The quantitative estimate of drug-likeness (QED) is 0.757. The lowest BCUT2D eigenvalue weighted by Gasteiger charge is -2.33. The van der Waals surface area contributed by atoms with Crippen molar-refractivity contribution < 1.29 is 18.0 Å². The van der Waals surface area contributed by atoms with Crippen molar-refractivity contribution in [2.24, 2.45) is 0 Å². The first-order chi connectivity index (χ1) is 13.8. The number of para-hydroxylation sites is 1. The molecule has 1 atom stereocenters. The van der Waals surface area contributed by atoms with Crippen LogP contribution in [-0.4, -0.2) is 43.7 Å². The summed E-state index contributed by atoms with van der Waals surface area (Å²) in [5, 5.41) is 5.49. The Hall–Kier alpha value is -2.71. The molecule has 2 aromatic rings. The monoisotopic (exact) mass is 415 g/mol. The summed E-state index contributed by atoms with van der Waals surface area (Å²) in [4.78, 5) is 25.2. The van der Waals surface area contributed by atoms with E-state index in [-0.39, 0.29) is 30.3 Å². The Morgan fingerprint density at radius 1 is 1.14 bits per heavy atom. The van der Waals surface area contributed by atoms with Crippen LogP contribution in [0.1, 0.15) is 31.7 Å². The molecular weight excluding hydrogens is 390 g/mol. The number of amides is 2. The summed E-state index contributed by atoms with van der Waals surface area (Å²) in [6.45, 7) is 4.37. The number of nitrogens with zero attached hydrogens (tertiary/aromatic N) is 1. The topological polar surface area (TPSA) is 95.6 Å². The predicted molar refractivity (Wildman–Crippen MR) is 111 cm³/mol. The zero-order chi connectivity index (χ0) is 21.0. The van der Waals surface area contributed by atoms with Crippen molar-refractivity contribution >= 4 is 27.5 Å². The standard InChI is InChI=1S/C21H25N3O4S/c1-15(2)17-10-6-7-11-18(17)23-20(25)14-19-21(26)22-12-13-24(19)29(27,28)16-8-4-3-5-9-16/h3-11,15,19H,12-14H2,1-2H3,(H,22,26)(H,23,25). The highest BCUT2D eigenvalue weighted by atomic mass is 32.2. The minimum absolute atomic E-state index is 0.102. The van der Waals surface area contributed by atoms with Gasteiger partial charge in [-0.15, -0.1) is 0 Å². The molecule has 2 aromatic carbocycles. The van der Waals surface area contributed by atoms with E-state index in [2.05, 4.69) is 10.6 Å². The second-order valence-corrected chi connectivity index (χ2v) is 9.12. The molecule has 2 N–H and O–H groups in total. The highest BCUT2D eigenvalue weighted by molar-refractivity contribution is 7.89. The number of rotatable bonds is 6. The van der Waals surface area contributed by atoms with Crippen LogP contribution in [0.15, 0.2) is 59.5 Å². The third-order valence-electron chi connectivity index (χ3n) is 4.87. The van der Waals surface area contributed by atoms with Gasteiger partial charge in [-0.05, 0) is 29.7 Å². The SMILES string of the molecule is CC(C)c1ccccc1NC(=O)CC1C(=O)NCCN1S(=O)(=O)c1ccccc1. The van der Waals surface area contributed by atoms with Crippen molar-refractivity contribution in [3.63, 3.8) is 0 Å². The molecule has 0 saturated carbocycles. The minimum Gasteiger partial charge on any atom is -0.353 e. The molecule has 0 spiro atoms.